The van der Waals surface area contributed by atoms with Crippen LogP contribution in [0.4, 0.5) is 5.69 Å². The van der Waals surface area contributed by atoms with E-state index in [2.05, 4.69) is 55.7 Å². The van der Waals surface area contributed by atoms with Crippen molar-refractivity contribution in [1.29, 1.82) is 0 Å². The quantitative estimate of drug-likeness (QED) is 0.115. The van der Waals surface area contributed by atoms with Crippen LogP contribution in [0.25, 0.3) is 0 Å². The normalized spacial score (nSPS) is 15.9. The summed E-state index contributed by atoms with van der Waals surface area (Å²) in [6, 6.07) is 31.3. The van der Waals surface area contributed by atoms with Crippen molar-refractivity contribution in [1.82, 2.24) is 10.6 Å². The first-order valence-corrected chi connectivity index (χ1v) is 18.1. The number of hydrogen-bond acceptors (Lipinski definition) is 6. The third-order valence-electron chi connectivity index (χ3n) is 8.65. The first-order valence-electron chi connectivity index (χ1n) is 17.7. The molecule has 9 heteroatoms. The highest BCUT2D eigenvalue weighted by atomic mass is 35.5. The predicted octanol–water partition coefficient (Wildman–Crippen LogP) is 7.91. The van der Waals surface area contributed by atoms with Crippen molar-refractivity contribution in [2.45, 2.75) is 65.2 Å². The van der Waals surface area contributed by atoms with Crippen molar-refractivity contribution in [3.63, 3.8) is 0 Å². The summed E-state index contributed by atoms with van der Waals surface area (Å²) in [7, 11) is 1.60. The molecule has 0 fully saturated rings. The highest BCUT2D eigenvalue weighted by Crippen LogP contribution is 2.45. The van der Waals surface area contributed by atoms with Crippen LogP contribution in [-0.4, -0.2) is 51.3 Å². The van der Waals surface area contributed by atoms with Crippen LogP contribution >= 0.6 is 11.6 Å². The van der Waals surface area contributed by atoms with E-state index in [1.54, 1.807) is 18.1 Å². The molecule has 51 heavy (non-hydrogen) atoms. The Labute approximate surface area is 307 Å². The fraction of sp³-hybridized carbons (Fsp3) is 0.381. The molecule has 2 atom stereocenters. The molecule has 0 bridgehead atoms. The number of benzene rings is 4. The minimum absolute atomic E-state index is 0.151. The number of rotatable bonds is 16. The van der Waals surface area contributed by atoms with E-state index in [-0.39, 0.29) is 23.7 Å². The van der Waals surface area contributed by atoms with Crippen LogP contribution in [-0.2, 0) is 27.3 Å². The molecule has 0 spiro atoms. The number of fused-ring (bicyclic) bond motifs is 1. The first kappa shape index (κ1) is 37.9. The van der Waals surface area contributed by atoms with Gasteiger partial charge in [0, 0.05) is 34.9 Å². The minimum atomic E-state index is -1.07. The van der Waals surface area contributed by atoms with Gasteiger partial charge in [-0.3, -0.25) is 9.59 Å². The van der Waals surface area contributed by atoms with Gasteiger partial charge >= 0.3 is 0 Å². The molecule has 8 nitrogen and oxygen atoms in total. The van der Waals surface area contributed by atoms with Crippen LogP contribution < -0.4 is 25.0 Å². The molecule has 2 amide bonds. The molecule has 1 heterocycles. The summed E-state index contributed by atoms with van der Waals surface area (Å²) >= 11 is 6.60. The number of carbonyl (C=O) groups excluding carboxylic acids is 2. The Kier molecular flexibility index (Phi) is 13.5. The summed E-state index contributed by atoms with van der Waals surface area (Å²) in [5.74, 6) is 0.514. The molecule has 0 saturated carbocycles. The van der Waals surface area contributed by atoms with E-state index in [9.17, 15) is 9.59 Å². The molecule has 2 N–H and O–H groups in total. The molecule has 0 aliphatic carbocycles. The van der Waals surface area contributed by atoms with E-state index in [4.69, 9.17) is 25.8 Å². The van der Waals surface area contributed by atoms with Gasteiger partial charge in [-0.25, -0.2) is 0 Å². The Bertz CT molecular complexity index is 1730. The number of amides is 2. The van der Waals surface area contributed by atoms with E-state index in [1.165, 1.54) is 5.56 Å². The van der Waals surface area contributed by atoms with E-state index in [0.717, 1.165) is 37.9 Å². The second-order valence-electron chi connectivity index (χ2n) is 14.1. The second kappa shape index (κ2) is 18.2. The number of halogens is 1. The van der Waals surface area contributed by atoms with Crippen molar-refractivity contribution < 1.29 is 23.8 Å². The number of hydrogen-bond donors (Lipinski definition) is 2. The Balaban J connectivity index is 1.34. The fourth-order valence-corrected chi connectivity index (χ4v) is 6.44. The number of aryl methyl sites for hydroxylation is 1. The van der Waals surface area contributed by atoms with Crippen LogP contribution in [0.5, 0.6) is 11.5 Å². The summed E-state index contributed by atoms with van der Waals surface area (Å²) < 4.78 is 19.0. The van der Waals surface area contributed by atoms with Gasteiger partial charge in [0.1, 0.15) is 12.2 Å². The molecule has 0 saturated heterocycles. The Morgan fingerprint density at radius 2 is 1.59 bits per heavy atom. The second-order valence-corrected chi connectivity index (χ2v) is 14.5. The van der Waals surface area contributed by atoms with Gasteiger partial charge in [-0.15, -0.1) is 0 Å². The first-order chi connectivity index (χ1) is 24.6. The lowest BCUT2D eigenvalue weighted by molar-refractivity contribution is -0.138. The minimum Gasteiger partial charge on any atom is -0.492 e. The lowest BCUT2D eigenvalue weighted by Gasteiger charge is -2.31. The highest BCUT2D eigenvalue weighted by Gasteiger charge is 2.40. The van der Waals surface area contributed by atoms with Gasteiger partial charge in [0.15, 0.2) is 11.5 Å². The fourth-order valence-electron chi connectivity index (χ4n) is 6.26. The van der Waals surface area contributed by atoms with Crippen molar-refractivity contribution in [3.8, 4) is 11.5 Å². The number of para-hydroxylation sites is 1. The number of nitrogens with zero attached hydrogens (tertiary/aromatic N) is 1. The summed E-state index contributed by atoms with van der Waals surface area (Å²) in [4.78, 5) is 29.4. The van der Waals surface area contributed by atoms with Gasteiger partial charge in [0.05, 0.1) is 20.1 Å². The standard InChI is InChI=1S/C42H50ClN3O5/c1-42(2,3)29-46-35-22-21-32(43)26-34(35)39(51-37(41(46)48)27-38(47)45-28-31-16-9-6-10-17-31)33-19-11-20-36(40(33)49-4)50-25-13-24-44-23-12-18-30-14-7-5-8-15-30/h5-11,14-17,19-22,26,37,39,44H,12-13,18,23-25,27-29H2,1-4H3,(H,45,47)/t37-,39-/m0/s1. The molecule has 0 unspecified atom stereocenters. The molecule has 5 rings (SSSR count). The average Bonchev–Trinajstić information content (AvgIpc) is 3.22. The van der Waals surface area contributed by atoms with Gasteiger partial charge < -0.3 is 29.7 Å². The molecule has 1 aliphatic rings. The van der Waals surface area contributed by atoms with Gasteiger partial charge in [0.25, 0.3) is 5.91 Å². The largest absolute Gasteiger partial charge is 0.492 e. The smallest absolute Gasteiger partial charge is 0.256 e. The molecule has 1 aliphatic heterocycles. The monoisotopic (exact) mass is 711 g/mol. The maximum atomic E-state index is 14.3. The molecule has 270 valence electrons. The zero-order valence-electron chi connectivity index (χ0n) is 30.1. The Hall–Kier alpha value is -4.37. The van der Waals surface area contributed by atoms with Gasteiger partial charge in [-0.05, 0) is 73.2 Å². The van der Waals surface area contributed by atoms with Crippen molar-refractivity contribution >= 4 is 29.1 Å². The molecule has 4 aromatic carbocycles. The third kappa shape index (κ3) is 10.8. The Morgan fingerprint density at radius 3 is 2.29 bits per heavy atom. The van der Waals surface area contributed by atoms with Gasteiger partial charge in [-0.2, -0.15) is 0 Å². The number of ether oxygens (including phenoxy) is 3. The lowest BCUT2D eigenvalue weighted by atomic mass is 9.94. The SMILES string of the molecule is COc1c(OCCCNCCCc2ccccc2)cccc1[C@@H]1O[C@@H](CC(=O)NCc2ccccc2)C(=O)N(CC(C)(C)C)c2ccc(Cl)cc21. The number of anilines is 1. The maximum absolute atomic E-state index is 14.3. The van der Waals surface area contributed by atoms with Crippen LogP contribution in [0.1, 0.15) is 68.4 Å². The van der Waals surface area contributed by atoms with E-state index in [0.29, 0.717) is 53.0 Å². The zero-order valence-corrected chi connectivity index (χ0v) is 30.9. The molecule has 0 aromatic heterocycles. The molecular formula is C42H50ClN3O5. The summed E-state index contributed by atoms with van der Waals surface area (Å²) in [6.45, 7) is 9.24. The lowest BCUT2D eigenvalue weighted by Crippen LogP contribution is -2.45. The molecule has 4 aromatic rings. The zero-order chi connectivity index (χ0) is 36.2. The van der Waals surface area contributed by atoms with E-state index < -0.39 is 12.2 Å². The van der Waals surface area contributed by atoms with Crippen molar-refractivity contribution in [2.24, 2.45) is 5.41 Å². The van der Waals surface area contributed by atoms with Crippen LogP contribution in [0.15, 0.2) is 97.1 Å². The van der Waals surface area contributed by atoms with E-state index in [1.807, 2.05) is 66.7 Å². The summed E-state index contributed by atoms with van der Waals surface area (Å²) in [6.07, 6.45) is 0.935. The predicted molar refractivity (Wildman–Crippen MR) is 204 cm³/mol. The van der Waals surface area contributed by atoms with Gasteiger partial charge in [0.2, 0.25) is 5.91 Å². The van der Waals surface area contributed by atoms with Crippen molar-refractivity contribution in [2.75, 3.05) is 38.3 Å². The third-order valence-corrected chi connectivity index (χ3v) is 8.89. The van der Waals surface area contributed by atoms with Crippen molar-refractivity contribution in [3.05, 3.63) is 124 Å². The summed E-state index contributed by atoms with van der Waals surface area (Å²) in [5.41, 5.74) is 4.15. The van der Waals surface area contributed by atoms with Crippen LogP contribution in [0.2, 0.25) is 5.02 Å². The number of nitrogens with one attached hydrogen (secondary N) is 2. The van der Waals surface area contributed by atoms with Crippen LogP contribution in [0, 0.1) is 5.41 Å². The molecular weight excluding hydrogens is 662 g/mol. The molecule has 0 radical (unpaired) electrons. The maximum Gasteiger partial charge on any atom is 0.256 e. The number of carbonyl (C=O) groups is 2. The Morgan fingerprint density at radius 1 is 0.882 bits per heavy atom. The van der Waals surface area contributed by atoms with Crippen LogP contribution in [0.3, 0.4) is 0 Å². The summed E-state index contributed by atoms with van der Waals surface area (Å²) in [5, 5.41) is 6.97. The van der Waals surface area contributed by atoms with Gasteiger partial charge in [-0.1, -0.05) is 105 Å². The topological polar surface area (TPSA) is 89.1 Å². The van der Waals surface area contributed by atoms with E-state index >= 15 is 0 Å². The highest BCUT2D eigenvalue weighted by molar-refractivity contribution is 6.30. The number of methoxy groups -OCH3 is 1. The average molecular weight is 712 g/mol.